The maximum atomic E-state index is 10.0. The smallest absolute Gasteiger partial charge is 0.231 e. The van der Waals surface area contributed by atoms with Gasteiger partial charge in [-0.25, -0.2) is 0 Å². The molecule has 0 heterocycles. The molecule has 3 nitrogen and oxygen atoms in total. The minimum Gasteiger partial charge on any atom is -0.369 e. The molecule has 0 aliphatic carbocycles. The van der Waals surface area contributed by atoms with Crippen LogP contribution >= 0.6 is 0 Å². The third-order valence-electron chi connectivity index (χ3n) is 0.726. The topological polar surface area (TPSA) is 55.1 Å². The SMILES string of the molecule is C#C.CCCNCC(N)=O. The lowest BCUT2D eigenvalue weighted by Gasteiger charge is -1.95. The first kappa shape index (κ1) is 11.7. The highest BCUT2D eigenvalue weighted by atomic mass is 16.1. The lowest BCUT2D eigenvalue weighted by molar-refractivity contribution is -0.117. The summed E-state index contributed by atoms with van der Waals surface area (Å²) in [6.45, 7) is 3.20. The molecule has 10 heavy (non-hydrogen) atoms. The Balaban J connectivity index is 0. The predicted molar refractivity (Wildman–Crippen MR) is 42.2 cm³/mol. The minimum atomic E-state index is -0.293. The van der Waals surface area contributed by atoms with Crippen molar-refractivity contribution in [2.75, 3.05) is 13.1 Å². The van der Waals surface area contributed by atoms with E-state index in [0.29, 0.717) is 6.54 Å². The van der Waals surface area contributed by atoms with E-state index in [4.69, 9.17) is 5.73 Å². The van der Waals surface area contributed by atoms with Crippen LogP contribution in [0, 0.1) is 12.8 Å². The fourth-order valence-corrected chi connectivity index (χ4v) is 0.388. The van der Waals surface area contributed by atoms with Crippen molar-refractivity contribution in [1.82, 2.24) is 5.32 Å². The summed E-state index contributed by atoms with van der Waals surface area (Å²) in [6, 6.07) is 0. The molecular formula is C7H14N2O. The van der Waals surface area contributed by atoms with Crippen LogP contribution in [-0.4, -0.2) is 19.0 Å². The summed E-state index contributed by atoms with van der Waals surface area (Å²) in [6.07, 6.45) is 9.04. The van der Waals surface area contributed by atoms with Crippen LogP contribution < -0.4 is 11.1 Å². The molecule has 0 aromatic rings. The molecule has 1 amide bonds. The summed E-state index contributed by atoms with van der Waals surface area (Å²) in [5.74, 6) is -0.293. The zero-order valence-electron chi connectivity index (χ0n) is 6.26. The highest BCUT2D eigenvalue weighted by Crippen LogP contribution is 1.66. The highest BCUT2D eigenvalue weighted by Gasteiger charge is 1.88. The first-order valence-electron chi connectivity index (χ1n) is 3.09. The van der Waals surface area contributed by atoms with Crippen LogP contribution in [0.25, 0.3) is 0 Å². The predicted octanol–water partition coefficient (Wildman–Crippen LogP) is -0.279. The van der Waals surface area contributed by atoms with E-state index < -0.39 is 0 Å². The van der Waals surface area contributed by atoms with Gasteiger partial charge in [0.1, 0.15) is 0 Å². The van der Waals surface area contributed by atoms with Gasteiger partial charge in [0.25, 0.3) is 0 Å². The number of terminal acetylenes is 1. The Hall–Kier alpha value is -1.01. The molecular weight excluding hydrogens is 128 g/mol. The zero-order valence-corrected chi connectivity index (χ0v) is 6.26. The van der Waals surface area contributed by atoms with E-state index in [0.717, 1.165) is 13.0 Å². The van der Waals surface area contributed by atoms with Crippen molar-refractivity contribution in [2.24, 2.45) is 5.73 Å². The Bertz CT molecular complexity index is 99.0. The average molecular weight is 142 g/mol. The quantitative estimate of drug-likeness (QED) is 0.419. The Morgan fingerprint density at radius 1 is 1.60 bits per heavy atom. The van der Waals surface area contributed by atoms with Crippen LogP contribution in [0.3, 0.4) is 0 Å². The molecule has 0 aliphatic rings. The molecule has 0 spiro atoms. The fourth-order valence-electron chi connectivity index (χ4n) is 0.388. The van der Waals surface area contributed by atoms with Crippen molar-refractivity contribution in [3.05, 3.63) is 0 Å². The van der Waals surface area contributed by atoms with E-state index in [1.54, 1.807) is 0 Å². The van der Waals surface area contributed by atoms with Crippen molar-refractivity contribution >= 4 is 5.91 Å². The van der Waals surface area contributed by atoms with Crippen LogP contribution in [0.1, 0.15) is 13.3 Å². The number of rotatable bonds is 4. The summed E-state index contributed by atoms with van der Waals surface area (Å²) in [4.78, 5) is 10.0. The fraction of sp³-hybridized carbons (Fsp3) is 0.571. The summed E-state index contributed by atoms with van der Waals surface area (Å²) < 4.78 is 0. The molecule has 0 aliphatic heterocycles. The molecule has 0 aromatic heterocycles. The van der Waals surface area contributed by atoms with Crippen LogP contribution in [0.4, 0.5) is 0 Å². The first-order valence-corrected chi connectivity index (χ1v) is 3.09. The van der Waals surface area contributed by atoms with E-state index in [-0.39, 0.29) is 5.91 Å². The molecule has 0 bridgehead atoms. The average Bonchev–Trinajstić information content (AvgIpc) is 1.92. The van der Waals surface area contributed by atoms with Gasteiger partial charge >= 0.3 is 0 Å². The Labute approximate surface area is 62.0 Å². The summed E-state index contributed by atoms with van der Waals surface area (Å²) in [5, 5.41) is 2.86. The van der Waals surface area contributed by atoms with Crippen molar-refractivity contribution in [2.45, 2.75) is 13.3 Å². The minimum absolute atomic E-state index is 0.293. The number of carbonyl (C=O) groups excluding carboxylic acids is 1. The van der Waals surface area contributed by atoms with E-state index >= 15 is 0 Å². The number of hydrogen-bond donors (Lipinski definition) is 2. The summed E-state index contributed by atoms with van der Waals surface area (Å²) in [7, 11) is 0. The zero-order chi connectivity index (χ0) is 8.41. The Morgan fingerprint density at radius 2 is 2.10 bits per heavy atom. The maximum absolute atomic E-state index is 10.0. The van der Waals surface area contributed by atoms with Crippen molar-refractivity contribution in [3.8, 4) is 12.8 Å². The van der Waals surface area contributed by atoms with Crippen molar-refractivity contribution in [1.29, 1.82) is 0 Å². The molecule has 0 rings (SSSR count). The van der Waals surface area contributed by atoms with E-state index in [1.165, 1.54) is 0 Å². The Kier molecular flexibility index (Phi) is 12.8. The van der Waals surface area contributed by atoms with Crippen LogP contribution in [0.15, 0.2) is 0 Å². The van der Waals surface area contributed by atoms with Gasteiger partial charge in [-0.3, -0.25) is 4.79 Å². The second-order valence-electron chi connectivity index (χ2n) is 1.64. The van der Waals surface area contributed by atoms with Gasteiger partial charge in [0.05, 0.1) is 6.54 Å². The van der Waals surface area contributed by atoms with Gasteiger partial charge in [-0.1, -0.05) is 6.92 Å². The van der Waals surface area contributed by atoms with Gasteiger partial charge in [-0.05, 0) is 13.0 Å². The number of amides is 1. The van der Waals surface area contributed by atoms with Gasteiger partial charge in [0, 0.05) is 0 Å². The molecule has 58 valence electrons. The van der Waals surface area contributed by atoms with Gasteiger partial charge in [0.2, 0.25) is 5.91 Å². The second kappa shape index (κ2) is 10.9. The molecule has 0 fully saturated rings. The van der Waals surface area contributed by atoms with Crippen LogP contribution in [0.2, 0.25) is 0 Å². The summed E-state index contributed by atoms with van der Waals surface area (Å²) in [5.41, 5.74) is 4.83. The van der Waals surface area contributed by atoms with Crippen LogP contribution in [0.5, 0.6) is 0 Å². The molecule has 0 unspecified atom stereocenters. The lowest BCUT2D eigenvalue weighted by atomic mass is 10.5. The molecule has 3 heteroatoms. The van der Waals surface area contributed by atoms with Gasteiger partial charge < -0.3 is 11.1 Å². The maximum Gasteiger partial charge on any atom is 0.231 e. The van der Waals surface area contributed by atoms with E-state index in [2.05, 4.69) is 18.2 Å². The third-order valence-corrected chi connectivity index (χ3v) is 0.726. The second-order valence-corrected chi connectivity index (χ2v) is 1.64. The Morgan fingerprint density at radius 3 is 2.40 bits per heavy atom. The number of carbonyl (C=O) groups is 1. The molecule has 0 aromatic carbocycles. The van der Waals surface area contributed by atoms with Crippen LogP contribution in [-0.2, 0) is 4.79 Å². The third kappa shape index (κ3) is 15.8. The molecule has 0 atom stereocenters. The molecule has 0 saturated heterocycles. The number of hydrogen-bond acceptors (Lipinski definition) is 2. The molecule has 0 saturated carbocycles. The highest BCUT2D eigenvalue weighted by molar-refractivity contribution is 5.75. The van der Waals surface area contributed by atoms with Crippen molar-refractivity contribution < 1.29 is 4.79 Å². The summed E-state index contributed by atoms with van der Waals surface area (Å²) >= 11 is 0. The lowest BCUT2D eigenvalue weighted by Crippen LogP contribution is -2.28. The normalized spacial score (nSPS) is 7.50. The van der Waals surface area contributed by atoms with E-state index in [9.17, 15) is 4.79 Å². The number of nitrogens with one attached hydrogen (secondary N) is 1. The number of nitrogens with two attached hydrogens (primary N) is 1. The van der Waals surface area contributed by atoms with Gasteiger partial charge in [-0.2, -0.15) is 0 Å². The molecule has 3 N–H and O–H groups in total. The number of primary amides is 1. The first-order chi connectivity index (χ1) is 4.77. The largest absolute Gasteiger partial charge is 0.369 e. The molecule has 0 radical (unpaired) electrons. The standard InChI is InChI=1S/C5H12N2O.C2H2/c1-2-3-7-4-5(6)8;1-2/h7H,2-4H2,1H3,(H2,6,8);1-2H. The van der Waals surface area contributed by atoms with Gasteiger partial charge in [0.15, 0.2) is 0 Å². The van der Waals surface area contributed by atoms with Gasteiger partial charge in [-0.15, -0.1) is 12.8 Å². The van der Waals surface area contributed by atoms with Crippen molar-refractivity contribution in [3.63, 3.8) is 0 Å². The monoisotopic (exact) mass is 142 g/mol. The van der Waals surface area contributed by atoms with E-state index in [1.807, 2.05) is 6.92 Å².